The van der Waals surface area contributed by atoms with E-state index >= 15 is 0 Å². The number of rotatable bonds is 2. The molecule has 1 aromatic carbocycles. The fourth-order valence-electron chi connectivity index (χ4n) is 2.36. The second kappa shape index (κ2) is 5.72. The quantitative estimate of drug-likeness (QED) is 0.565. The lowest BCUT2D eigenvalue weighted by molar-refractivity contribution is -0.141. The summed E-state index contributed by atoms with van der Waals surface area (Å²) in [4.78, 5) is 19.1. The highest BCUT2D eigenvalue weighted by Crippen LogP contribution is 2.32. The van der Waals surface area contributed by atoms with Crippen molar-refractivity contribution in [1.82, 2.24) is 14.4 Å². The summed E-state index contributed by atoms with van der Waals surface area (Å²) in [5, 5.41) is 0. The molecule has 0 saturated heterocycles. The van der Waals surface area contributed by atoms with Gasteiger partial charge in [-0.25, -0.2) is 19.2 Å². The van der Waals surface area contributed by atoms with E-state index in [1.807, 2.05) is 0 Å². The molecule has 0 bridgehead atoms. The fraction of sp³-hybridized carbons (Fsp3) is 0.133. The zero-order valence-corrected chi connectivity index (χ0v) is 12.6. The molecule has 3 rings (SSSR count). The van der Waals surface area contributed by atoms with Crippen LogP contribution in [-0.2, 0) is 10.9 Å². The molecule has 0 saturated carbocycles. The molecule has 0 amide bonds. The first-order valence-electron chi connectivity index (χ1n) is 6.81. The predicted octanol–water partition coefficient (Wildman–Crippen LogP) is 2.92. The van der Waals surface area contributed by atoms with Crippen LogP contribution in [0.15, 0.2) is 30.6 Å². The van der Waals surface area contributed by atoms with Crippen molar-refractivity contribution in [3.63, 3.8) is 0 Å². The molecule has 0 aliphatic heterocycles. The highest BCUT2D eigenvalue weighted by atomic mass is 19.4. The summed E-state index contributed by atoms with van der Waals surface area (Å²) in [7, 11) is 1.13. The standard InChI is InChI=1S/C15H10F4N4O2/c1-25-14(24)8-3-2-7(16)4-9(8)10-5-21-13-12(20)22-11(6-23(10)13)15(17,18)19/h2-6H,1H3,(H2,20,22). The van der Waals surface area contributed by atoms with Gasteiger partial charge in [0.2, 0.25) is 0 Å². The first-order valence-corrected chi connectivity index (χ1v) is 6.81. The number of ether oxygens (including phenoxy) is 1. The molecule has 0 radical (unpaired) electrons. The Morgan fingerprint density at radius 1 is 1.32 bits per heavy atom. The number of carbonyl (C=O) groups is 1. The normalized spacial score (nSPS) is 11.7. The number of anilines is 1. The molecule has 2 aromatic heterocycles. The van der Waals surface area contributed by atoms with Gasteiger partial charge in [-0.3, -0.25) is 4.40 Å². The molecule has 130 valence electrons. The van der Waals surface area contributed by atoms with E-state index in [0.29, 0.717) is 6.20 Å². The smallest absolute Gasteiger partial charge is 0.434 e. The van der Waals surface area contributed by atoms with Gasteiger partial charge in [-0.2, -0.15) is 13.2 Å². The molecule has 10 heteroatoms. The van der Waals surface area contributed by atoms with Gasteiger partial charge in [-0.15, -0.1) is 0 Å². The lowest BCUT2D eigenvalue weighted by Gasteiger charge is -2.11. The molecule has 0 fully saturated rings. The number of imidazole rings is 1. The molecule has 2 N–H and O–H groups in total. The van der Waals surface area contributed by atoms with Gasteiger partial charge in [0.1, 0.15) is 5.82 Å². The SMILES string of the molecule is COC(=O)c1ccc(F)cc1-c1cnc2c(N)nc(C(F)(F)F)cn12. The summed E-state index contributed by atoms with van der Waals surface area (Å²) in [5.41, 5.74) is 4.26. The Morgan fingerprint density at radius 2 is 2.04 bits per heavy atom. The van der Waals surface area contributed by atoms with Crippen LogP contribution < -0.4 is 5.73 Å². The van der Waals surface area contributed by atoms with Crippen LogP contribution in [0.4, 0.5) is 23.4 Å². The average Bonchev–Trinajstić information content (AvgIpc) is 2.97. The van der Waals surface area contributed by atoms with Crippen molar-refractivity contribution in [1.29, 1.82) is 0 Å². The number of benzene rings is 1. The minimum absolute atomic E-state index is 0.0121. The van der Waals surface area contributed by atoms with Gasteiger partial charge in [-0.05, 0) is 18.2 Å². The number of nitrogens with two attached hydrogens (primary N) is 1. The maximum absolute atomic E-state index is 13.7. The van der Waals surface area contributed by atoms with E-state index in [9.17, 15) is 22.4 Å². The van der Waals surface area contributed by atoms with Crippen molar-refractivity contribution in [2.75, 3.05) is 12.8 Å². The van der Waals surface area contributed by atoms with Crippen LogP contribution in [0.25, 0.3) is 16.9 Å². The average molecular weight is 354 g/mol. The van der Waals surface area contributed by atoms with Crippen LogP contribution >= 0.6 is 0 Å². The van der Waals surface area contributed by atoms with Crippen molar-refractivity contribution in [3.8, 4) is 11.3 Å². The van der Waals surface area contributed by atoms with Gasteiger partial charge in [0.15, 0.2) is 17.2 Å². The van der Waals surface area contributed by atoms with E-state index in [4.69, 9.17) is 5.73 Å². The van der Waals surface area contributed by atoms with Crippen LogP contribution in [-0.4, -0.2) is 27.4 Å². The number of nitrogens with zero attached hydrogens (tertiary/aromatic N) is 3. The van der Waals surface area contributed by atoms with Gasteiger partial charge >= 0.3 is 12.1 Å². The maximum Gasteiger partial charge on any atom is 0.434 e. The van der Waals surface area contributed by atoms with E-state index in [0.717, 1.165) is 23.6 Å². The predicted molar refractivity (Wildman–Crippen MR) is 79.1 cm³/mol. The first kappa shape index (κ1) is 16.7. The second-order valence-corrected chi connectivity index (χ2v) is 5.03. The van der Waals surface area contributed by atoms with Gasteiger partial charge in [0.05, 0.1) is 24.6 Å². The van der Waals surface area contributed by atoms with Crippen molar-refractivity contribution < 1.29 is 27.1 Å². The Kier molecular flexibility index (Phi) is 3.82. The van der Waals surface area contributed by atoms with E-state index < -0.39 is 29.5 Å². The van der Waals surface area contributed by atoms with E-state index in [1.54, 1.807) is 0 Å². The number of nitrogen functional groups attached to an aromatic ring is 1. The van der Waals surface area contributed by atoms with Crippen molar-refractivity contribution in [2.45, 2.75) is 6.18 Å². The molecule has 3 aromatic rings. The molecular formula is C15H10F4N4O2. The number of aromatic nitrogens is 3. The third-order valence-corrected chi connectivity index (χ3v) is 3.47. The molecule has 0 atom stereocenters. The molecule has 0 aliphatic carbocycles. The highest BCUT2D eigenvalue weighted by molar-refractivity contribution is 5.97. The minimum Gasteiger partial charge on any atom is -0.465 e. The Balaban J connectivity index is 2.32. The zero-order valence-electron chi connectivity index (χ0n) is 12.6. The summed E-state index contributed by atoms with van der Waals surface area (Å²) in [6, 6.07) is 3.21. The van der Waals surface area contributed by atoms with Gasteiger partial charge in [0, 0.05) is 11.8 Å². The molecule has 25 heavy (non-hydrogen) atoms. The Bertz CT molecular complexity index is 982. The van der Waals surface area contributed by atoms with Crippen LogP contribution in [0.1, 0.15) is 16.1 Å². The highest BCUT2D eigenvalue weighted by Gasteiger charge is 2.34. The third-order valence-electron chi connectivity index (χ3n) is 3.47. The number of hydrogen-bond acceptors (Lipinski definition) is 5. The molecule has 0 unspecified atom stereocenters. The van der Waals surface area contributed by atoms with Crippen LogP contribution in [0.2, 0.25) is 0 Å². The first-order chi connectivity index (χ1) is 11.7. The van der Waals surface area contributed by atoms with Crippen LogP contribution in [0.3, 0.4) is 0 Å². The van der Waals surface area contributed by atoms with Gasteiger partial charge in [0.25, 0.3) is 0 Å². The Morgan fingerprint density at radius 3 is 2.68 bits per heavy atom. The summed E-state index contributed by atoms with van der Waals surface area (Å²) >= 11 is 0. The van der Waals surface area contributed by atoms with E-state index in [2.05, 4.69) is 14.7 Å². The summed E-state index contributed by atoms with van der Waals surface area (Å²) < 4.78 is 58.2. The topological polar surface area (TPSA) is 82.5 Å². The number of fused-ring (bicyclic) bond motifs is 1. The minimum atomic E-state index is -4.74. The summed E-state index contributed by atoms with van der Waals surface area (Å²) in [6.45, 7) is 0. The molecule has 0 spiro atoms. The van der Waals surface area contributed by atoms with Crippen LogP contribution in [0.5, 0.6) is 0 Å². The molecular weight excluding hydrogens is 344 g/mol. The second-order valence-electron chi connectivity index (χ2n) is 5.03. The fourth-order valence-corrected chi connectivity index (χ4v) is 2.36. The summed E-state index contributed by atoms with van der Waals surface area (Å²) in [5.74, 6) is -1.91. The molecule has 6 nitrogen and oxygen atoms in total. The third kappa shape index (κ3) is 2.86. The Hall–Kier alpha value is -3.17. The van der Waals surface area contributed by atoms with Crippen molar-refractivity contribution in [3.05, 3.63) is 47.7 Å². The zero-order chi connectivity index (χ0) is 18.4. The number of esters is 1. The lowest BCUT2D eigenvalue weighted by atomic mass is 10.0. The maximum atomic E-state index is 13.7. The monoisotopic (exact) mass is 354 g/mol. The lowest BCUT2D eigenvalue weighted by Crippen LogP contribution is -2.12. The van der Waals surface area contributed by atoms with Crippen molar-refractivity contribution in [2.24, 2.45) is 0 Å². The number of carbonyl (C=O) groups excluding carboxylic acids is 1. The number of hydrogen-bond donors (Lipinski definition) is 1. The van der Waals surface area contributed by atoms with Gasteiger partial charge < -0.3 is 10.5 Å². The van der Waals surface area contributed by atoms with E-state index in [1.165, 1.54) is 12.3 Å². The van der Waals surface area contributed by atoms with Crippen LogP contribution in [0, 0.1) is 5.82 Å². The molecule has 2 heterocycles. The summed E-state index contributed by atoms with van der Waals surface area (Å²) in [6.07, 6.45) is -2.88. The molecule has 0 aliphatic rings. The van der Waals surface area contributed by atoms with Gasteiger partial charge in [-0.1, -0.05) is 0 Å². The largest absolute Gasteiger partial charge is 0.465 e. The number of methoxy groups -OCH3 is 1. The Labute approximate surface area is 137 Å². The van der Waals surface area contributed by atoms with Crippen molar-refractivity contribution >= 4 is 17.4 Å². The van der Waals surface area contributed by atoms with E-state index in [-0.39, 0.29) is 22.5 Å². The number of halogens is 4. The number of alkyl halides is 3.